The number of ether oxygens (including phenoxy) is 1. The van der Waals surface area contributed by atoms with Gasteiger partial charge in [0.15, 0.2) is 5.96 Å². The Morgan fingerprint density at radius 1 is 1.09 bits per heavy atom. The number of morpholine rings is 1. The molecule has 9 heteroatoms. The molecule has 0 saturated carbocycles. The predicted molar refractivity (Wildman–Crippen MR) is 139 cm³/mol. The fourth-order valence-electron chi connectivity index (χ4n) is 3.97. The molecular weight excluding hydrogens is 517 g/mol. The number of rotatable bonds is 9. The van der Waals surface area contributed by atoms with Gasteiger partial charge in [-0.3, -0.25) is 4.90 Å². The average Bonchev–Trinajstić information content (AvgIpc) is 3.20. The van der Waals surface area contributed by atoms with Gasteiger partial charge in [0.25, 0.3) is 0 Å². The molecule has 1 aromatic heterocycles. The average molecular weight is 556 g/mol. The van der Waals surface area contributed by atoms with Gasteiger partial charge in [-0.15, -0.1) is 34.2 Å². The zero-order chi connectivity index (χ0) is 22.1. The Bertz CT molecular complexity index is 814. The van der Waals surface area contributed by atoms with E-state index in [9.17, 15) is 0 Å². The number of benzene rings is 1. The summed E-state index contributed by atoms with van der Waals surface area (Å²) < 4.78 is 7.91. The van der Waals surface area contributed by atoms with Crippen LogP contribution in [0, 0.1) is 0 Å². The number of aromatic nitrogens is 3. The fraction of sp³-hybridized carbons (Fsp3) is 0.609. The highest BCUT2D eigenvalue weighted by molar-refractivity contribution is 14.0. The second-order valence-corrected chi connectivity index (χ2v) is 8.18. The Morgan fingerprint density at radius 3 is 2.44 bits per heavy atom. The van der Waals surface area contributed by atoms with Crippen LogP contribution in [0.2, 0.25) is 0 Å². The van der Waals surface area contributed by atoms with Crippen LogP contribution in [0.5, 0.6) is 0 Å². The molecule has 1 aliphatic rings. The van der Waals surface area contributed by atoms with Crippen LogP contribution < -0.4 is 10.6 Å². The van der Waals surface area contributed by atoms with E-state index in [1.165, 1.54) is 11.1 Å². The maximum Gasteiger partial charge on any atom is 0.191 e. The first-order chi connectivity index (χ1) is 15.1. The Labute approximate surface area is 209 Å². The first-order valence-electron chi connectivity index (χ1n) is 11.4. The first kappa shape index (κ1) is 26.5. The van der Waals surface area contributed by atoms with Crippen molar-refractivity contribution in [2.45, 2.75) is 66.0 Å². The minimum atomic E-state index is 0. The zero-order valence-corrected chi connectivity index (χ0v) is 22.1. The molecule has 1 aliphatic heterocycles. The molecule has 0 radical (unpaired) electrons. The Hall–Kier alpha value is -1.72. The second kappa shape index (κ2) is 13.7. The number of guanidine groups is 1. The third-order valence-corrected chi connectivity index (χ3v) is 5.35. The van der Waals surface area contributed by atoms with Crippen molar-refractivity contribution < 1.29 is 4.74 Å². The Kier molecular flexibility index (Phi) is 11.4. The van der Waals surface area contributed by atoms with Gasteiger partial charge in [0.2, 0.25) is 0 Å². The molecule has 1 saturated heterocycles. The van der Waals surface area contributed by atoms with Crippen molar-refractivity contribution in [2.24, 2.45) is 4.99 Å². The van der Waals surface area contributed by atoms with Gasteiger partial charge in [-0.1, -0.05) is 31.2 Å². The SMILES string of the molecule is CCNC(=NCc1ccc(CN2CC(C)OC(C)C2)cc1)NCCn1cnnc1CC.I. The third kappa shape index (κ3) is 8.32. The summed E-state index contributed by atoms with van der Waals surface area (Å²) in [5, 5.41) is 14.8. The molecule has 2 unspecified atom stereocenters. The van der Waals surface area contributed by atoms with Crippen molar-refractivity contribution in [2.75, 3.05) is 26.2 Å². The van der Waals surface area contributed by atoms with Gasteiger partial charge in [0.05, 0.1) is 18.8 Å². The molecule has 32 heavy (non-hydrogen) atoms. The van der Waals surface area contributed by atoms with Crippen LogP contribution in [-0.2, 0) is 30.8 Å². The molecule has 2 atom stereocenters. The number of hydrogen-bond acceptors (Lipinski definition) is 5. The van der Waals surface area contributed by atoms with Crippen molar-refractivity contribution >= 4 is 29.9 Å². The van der Waals surface area contributed by atoms with Crippen LogP contribution in [0.4, 0.5) is 0 Å². The largest absolute Gasteiger partial charge is 0.373 e. The normalized spacial score (nSPS) is 19.4. The van der Waals surface area contributed by atoms with E-state index in [4.69, 9.17) is 9.73 Å². The van der Waals surface area contributed by atoms with E-state index in [0.29, 0.717) is 18.8 Å². The van der Waals surface area contributed by atoms with Crippen LogP contribution in [0.15, 0.2) is 35.6 Å². The van der Waals surface area contributed by atoms with Gasteiger partial charge < -0.3 is 19.9 Å². The van der Waals surface area contributed by atoms with Gasteiger partial charge in [-0.05, 0) is 31.9 Å². The number of nitrogens with one attached hydrogen (secondary N) is 2. The molecule has 8 nitrogen and oxygen atoms in total. The number of hydrogen-bond donors (Lipinski definition) is 2. The first-order valence-corrected chi connectivity index (χ1v) is 11.4. The molecule has 0 spiro atoms. The summed E-state index contributed by atoms with van der Waals surface area (Å²) in [7, 11) is 0. The second-order valence-electron chi connectivity index (χ2n) is 8.18. The van der Waals surface area contributed by atoms with Crippen molar-refractivity contribution in [3.05, 3.63) is 47.5 Å². The molecular formula is C23H38IN7O. The third-order valence-electron chi connectivity index (χ3n) is 5.35. The van der Waals surface area contributed by atoms with Crippen LogP contribution >= 0.6 is 24.0 Å². The fourth-order valence-corrected chi connectivity index (χ4v) is 3.97. The summed E-state index contributed by atoms with van der Waals surface area (Å²) in [6.45, 7) is 14.5. The van der Waals surface area contributed by atoms with Crippen LogP contribution in [-0.4, -0.2) is 64.0 Å². The molecule has 2 aromatic rings. The molecule has 1 aromatic carbocycles. The van der Waals surface area contributed by atoms with Gasteiger partial charge in [0.1, 0.15) is 12.2 Å². The van der Waals surface area contributed by atoms with E-state index in [1.54, 1.807) is 6.33 Å². The van der Waals surface area contributed by atoms with Gasteiger partial charge in [0, 0.05) is 45.7 Å². The van der Waals surface area contributed by atoms with Crippen LogP contribution in [0.1, 0.15) is 44.6 Å². The van der Waals surface area contributed by atoms with Crippen molar-refractivity contribution in [1.82, 2.24) is 30.3 Å². The lowest BCUT2D eigenvalue weighted by Crippen LogP contribution is -2.44. The van der Waals surface area contributed by atoms with E-state index >= 15 is 0 Å². The molecule has 2 heterocycles. The standard InChI is InChI=1S/C23H37N7O.HI/c1-5-22-28-27-17-30(22)12-11-25-23(24-6-2)26-13-20-7-9-21(10-8-20)16-29-14-18(3)31-19(4)15-29;/h7-10,17-19H,5-6,11-16H2,1-4H3,(H2,24,25,26);1H. The molecule has 0 bridgehead atoms. The Balaban J connectivity index is 0.00000363. The lowest BCUT2D eigenvalue weighted by molar-refractivity contribution is -0.0704. The predicted octanol–water partition coefficient (Wildman–Crippen LogP) is 2.82. The summed E-state index contributed by atoms with van der Waals surface area (Å²) in [5.74, 6) is 1.83. The molecule has 1 fully saturated rings. The minimum absolute atomic E-state index is 0. The smallest absolute Gasteiger partial charge is 0.191 e. The molecule has 0 amide bonds. The minimum Gasteiger partial charge on any atom is -0.373 e. The van der Waals surface area contributed by atoms with E-state index in [0.717, 1.165) is 57.5 Å². The highest BCUT2D eigenvalue weighted by atomic mass is 127. The lowest BCUT2D eigenvalue weighted by Gasteiger charge is -2.35. The van der Waals surface area contributed by atoms with Gasteiger partial charge in [-0.25, -0.2) is 4.99 Å². The Morgan fingerprint density at radius 2 is 1.78 bits per heavy atom. The van der Waals surface area contributed by atoms with Crippen molar-refractivity contribution in [3.8, 4) is 0 Å². The van der Waals surface area contributed by atoms with Gasteiger partial charge in [-0.2, -0.15) is 0 Å². The number of aryl methyl sites for hydroxylation is 1. The summed E-state index contributed by atoms with van der Waals surface area (Å²) in [5.41, 5.74) is 2.54. The molecule has 3 rings (SSSR count). The van der Waals surface area contributed by atoms with Gasteiger partial charge >= 0.3 is 0 Å². The number of aliphatic imine (C=N–C) groups is 1. The summed E-state index contributed by atoms with van der Waals surface area (Å²) in [6, 6.07) is 8.80. The maximum atomic E-state index is 5.83. The summed E-state index contributed by atoms with van der Waals surface area (Å²) in [6.07, 6.45) is 3.26. The van der Waals surface area contributed by atoms with Crippen molar-refractivity contribution in [1.29, 1.82) is 0 Å². The van der Waals surface area contributed by atoms with E-state index in [2.05, 4.69) is 82.3 Å². The highest BCUT2D eigenvalue weighted by Gasteiger charge is 2.21. The number of halogens is 1. The summed E-state index contributed by atoms with van der Waals surface area (Å²) >= 11 is 0. The van der Waals surface area contributed by atoms with Crippen LogP contribution in [0.25, 0.3) is 0 Å². The zero-order valence-electron chi connectivity index (χ0n) is 19.8. The highest BCUT2D eigenvalue weighted by Crippen LogP contribution is 2.15. The lowest BCUT2D eigenvalue weighted by atomic mass is 10.1. The molecule has 0 aliphatic carbocycles. The maximum absolute atomic E-state index is 5.83. The summed E-state index contributed by atoms with van der Waals surface area (Å²) in [4.78, 5) is 7.21. The molecule has 178 valence electrons. The van der Waals surface area contributed by atoms with E-state index in [-0.39, 0.29) is 24.0 Å². The quantitative estimate of drug-likeness (QED) is 0.282. The monoisotopic (exact) mass is 555 g/mol. The topological polar surface area (TPSA) is 79.6 Å². The van der Waals surface area contributed by atoms with E-state index in [1.807, 2.05) is 0 Å². The van der Waals surface area contributed by atoms with Crippen LogP contribution in [0.3, 0.4) is 0 Å². The molecule has 2 N–H and O–H groups in total. The number of nitrogens with zero attached hydrogens (tertiary/aromatic N) is 5. The van der Waals surface area contributed by atoms with Crippen molar-refractivity contribution in [3.63, 3.8) is 0 Å². The van der Waals surface area contributed by atoms with E-state index < -0.39 is 0 Å².